The van der Waals surface area contributed by atoms with Gasteiger partial charge in [0.1, 0.15) is 0 Å². The summed E-state index contributed by atoms with van der Waals surface area (Å²) in [4.78, 5) is 3.78. The normalized spacial score (nSPS) is 16.8. The topological polar surface area (TPSA) is 29.3 Å². The van der Waals surface area contributed by atoms with Crippen molar-refractivity contribution in [2.45, 2.75) is 58.7 Å². The van der Waals surface area contributed by atoms with Gasteiger partial charge in [0, 0.05) is 17.0 Å². The number of hydrogen-bond donors (Lipinski definition) is 1. The van der Waals surface area contributed by atoms with Crippen molar-refractivity contribution in [3.63, 3.8) is 0 Å². The van der Waals surface area contributed by atoms with Crippen LogP contribution in [0.3, 0.4) is 0 Å². The number of rotatable bonds is 7. The first-order chi connectivity index (χ1) is 8.54. The molecule has 0 aliphatic carbocycles. The Balaban J connectivity index is 3.03. The van der Waals surface area contributed by atoms with Crippen LogP contribution in [-0.2, 0) is 0 Å². The molecule has 3 unspecified atom stereocenters. The lowest BCUT2D eigenvalue weighted by molar-refractivity contribution is 0.128. The molecule has 0 radical (unpaired) electrons. The van der Waals surface area contributed by atoms with Crippen molar-refractivity contribution in [3.05, 3.63) is 21.3 Å². The lowest BCUT2D eigenvalue weighted by atomic mass is 10.0. The first kappa shape index (κ1) is 16.0. The number of nitrogens with zero attached hydrogens (tertiary/aromatic N) is 1. The highest BCUT2D eigenvalue weighted by atomic mass is 35.5. The van der Waals surface area contributed by atoms with Gasteiger partial charge in [-0.3, -0.25) is 4.90 Å². The van der Waals surface area contributed by atoms with Gasteiger partial charge in [0.2, 0.25) is 0 Å². The van der Waals surface area contributed by atoms with Crippen LogP contribution in [-0.4, -0.2) is 23.5 Å². The van der Waals surface area contributed by atoms with E-state index in [9.17, 15) is 0 Å². The average molecular weight is 289 g/mol. The molecule has 0 aliphatic heterocycles. The predicted molar refractivity (Wildman–Crippen MR) is 82.5 cm³/mol. The summed E-state index contributed by atoms with van der Waals surface area (Å²) in [5.41, 5.74) is 6.35. The van der Waals surface area contributed by atoms with Crippen LogP contribution in [0.25, 0.3) is 0 Å². The summed E-state index contributed by atoms with van der Waals surface area (Å²) < 4.78 is 0.846. The Bertz CT molecular complexity index is 353. The van der Waals surface area contributed by atoms with Crippen molar-refractivity contribution in [1.82, 2.24) is 4.90 Å². The minimum Gasteiger partial charge on any atom is -0.326 e. The molecule has 0 saturated carbocycles. The molecule has 0 aliphatic rings. The van der Waals surface area contributed by atoms with E-state index < -0.39 is 0 Å². The zero-order valence-corrected chi connectivity index (χ0v) is 13.4. The fourth-order valence-electron chi connectivity index (χ4n) is 2.35. The smallest absolute Gasteiger partial charge is 0.0931 e. The molecule has 104 valence electrons. The molecule has 0 fully saturated rings. The van der Waals surface area contributed by atoms with Gasteiger partial charge in [0.25, 0.3) is 0 Å². The quantitative estimate of drug-likeness (QED) is 0.810. The van der Waals surface area contributed by atoms with Crippen molar-refractivity contribution >= 4 is 22.9 Å². The lowest BCUT2D eigenvalue weighted by Crippen LogP contribution is -2.44. The third-order valence-corrected chi connectivity index (χ3v) is 4.94. The molecule has 0 bridgehead atoms. The molecule has 0 saturated heterocycles. The van der Waals surface area contributed by atoms with Gasteiger partial charge >= 0.3 is 0 Å². The summed E-state index contributed by atoms with van der Waals surface area (Å²) in [6.07, 6.45) is 2.12. The number of halogens is 1. The molecular formula is C14H25ClN2S. The zero-order valence-electron chi connectivity index (χ0n) is 11.8. The van der Waals surface area contributed by atoms with E-state index in [1.807, 2.05) is 6.07 Å². The molecule has 1 rings (SSSR count). The van der Waals surface area contributed by atoms with Crippen molar-refractivity contribution < 1.29 is 0 Å². The van der Waals surface area contributed by atoms with Crippen molar-refractivity contribution in [2.24, 2.45) is 5.73 Å². The van der Waals surface area contributed by atoms with Crippen LogP contribution in [0.2, 0.25) is 4.34 Å². The van der Waals surface area contributed by atoms with E-state index in [4.69, 9.17) is 17.3 Å². The molecule has 3 atom stereocenters. The second-order valence-corrected chi connectivity index (χ2v) is 6.49. The monoisotopic (exact) mass is 288 g/mol. The van der Waals surface area contributed by atoms with Gasteiger partial charge in [-0.2, -0.15) is 0 Å². The molecule has 4 heteroatoms. The van der Waals surface area contributed by atoms with Crippen molar-refractivity contribution in [1.29, 1.82) is 0 Å². The molecule has 0 aromatic carbocycles. The Morgan fingerprint density at radius 2 is 1.94 bits per heavy atom. The Morgan fingerprint density at radius 3 is 2.33 bits per heavy atom. The van der Waals surface area contributed by atoms with Crippen LogP contribution in [0, 0.1) is 0 Å². The molecular weight excluding hydrogens is 264 g/mol. The average Bonchev–Trinajstić information content (AvgIpc) is 2.80. The van der Waals surface area contributed by atoms with Crippen LogP contribution in [0.4, 0.5) is 0 Å². The number of thiophene rings is 1. The van der Waals surface area contributed by atoms with Crippen LogP contribution >= 0.6 is 22.9 Å². The summed E-state index contributed by atoms with van der Waals surface area (Å²) in [6.45, 7) is 9.87. The van der Waals surface area contributed by atoms with Crippen LogP contribution in [0.5, 0.6) is 0 Å². The van der Waals surface area contributed by atoms with Crippen LogP contribution in [0.15, 0.2) is 12.1 Å². The first-order valence-electron chi connectivity index (χ1n) is 6.81. The van der Waals surface area contributed by atoms with Crippen LogP contribution < -0.4 is 5.73 Å². The van der Waals surface area contributed by atoms with Crippen molar-refractivity contribution in [2.75, 3.05) is 6.54 Å². The van der Waals surface area contributed by atoms with E-state index in [1.54, 1.807) is 11.3 Å². The SMILES string of the molecule is CCC(N)C(c1ccc(Cl)s1)N(CC)C(C)CC. The van der Waals surface area contributed by atoms with E-state index in [-0.39, 0.29) is 12.1 Å². The standard InChI is InChI=1S/C14H25ClN2S/c1-5-10(4)17(7-3)14(11(16)6-2)12-8-9-13(15)18-12/h8-11,14H,5-7,16H2,1-4H3. The Labute approximate surface area is 120 Å². The molecule has 1 aromatic heterocycles. The summed E-state index contributed by atoms with van der Waals surface area (Å²) in [6, 6.07) is 5.08. The highest BCUT2D eigenvalue weighted by molar-refractivity contribution is 7.16. The van der Waals surface area contributed by atoms with Gasteiger partial charge in [-0.15, -0.1) is 11.3 Å². The molecule has 1 heterocycles. The summed E-state index contributed by atoms with van der Waals surface area (Å²) in [5.74, 6) is 0. The predicted octanol–water partition coefficient (Wildman–Crippen LogP) is 4.30. The highest BCUT2D eigenvalue weighted by Gasteiger charge is 2.28. The Morgan fingerprint density at radius 1 is 1.28 bits per heavy atom. The second kappa shape index (κ2) is 7.49. The van der Waals surface area contributed by atoms with Gasteiger partial charge in [-0.05, 0) is 38.4 Å². The molecule has 18 heavy (non-hydrogen) atoms. The summed E-state index contributed by atoms with van der Waals surface area (Å²) in [7, 11) is 0. The number of likely N-dealkylation sites (N-methyl/N-ethyl adjacent to an activating group) is 1. The molecule has 2 nitrogen and oxygen atoms in total. The molecule has 1 aromatic rings. The van der Waals surface area contributed by atoms with Gasteiger partial charge in [-0.1, -0.05) is 32.4 Å². The maximum absolute atomic E-state index is 6.35. The largest absolute Gasteiger partial charge is 0.326 e. The highest BCUT2D eigenvalue weighted by Crippen LogP contribution is 2.34. The number of nitrogens with two attached hydrogens (primary N) is 1. The van der Waals surface area contributed by atoms with E-state index in [0.717, 1.165) is 23.7 Å². The molecule has 2 N–H and O–H groups in total. The molecule has 0 spiro atoms. The number of hydrogen-bond acceptors (Lipinski definition) is 3. The lowest BCUT2D eigenvalue weighted by Gasteiger charge is -2.38. The van der Waals surface area contributed by atoms with Gasteiger partial charge in [-0.25, -0.2) is 0 Å². The fraction of sp³-hybridized carbons (Fsp3) is 0.714. The first-order valence-corrected chi connectivity index (χ1v) is 8.01. The van der Waals surface area contributed by atoms with Crippen LogP contribution in [0.1, 0.15) is 51.5 Å². The van der Waals surface area contributed by atoms with Crippen molar-refractivity contribution in [3.8, 4) is 0 Å². The fourth-order valence-corrected chi connectivity index (χ4v) is 3.61. The Kier molecular flexibility index (Phi) is 6.64. The summed E-state index contributed by atoms with van der Waals surface area (Å²) >= 11 is 7.73. The van der Waals surface area contributed by atoms with Gasteiger partial charge in [0.05, 0.1) is 10.4 Å². The van der Waals surface area contributed by atoms with E-state index in [1.165, 1.54) is 4.88 Å². The summed E-state index contributed by atoms with van der Waals surface area (Å²) in [5, 5.41) is 0. The zero-order chi connectivity index (χ0) is 13.7. The van der Waals surface area contributed by atoms with E-state index >= 15 is 0 Å². The van der Waals surface area contributed by atoms with Gasteiger partial charge in [0.15, 0.2) is 0 Å². The maximum Gasteiger partial charge on any atom is 0.0931 e. The maximum atomic E-state index is 6.35. The van der Waals surface area contributed by atoms with E-state index in [2.05, 4.69) is 38.7 Å². The third kappa shape index (κ3) is 3.70. The third-order valence-electron chi connectivity index (χ3n) is 3.64. The minimum absolute atomic E-state index is 0.161. The minimum atomic E-state index is 0.161. The van der Waals surface area contributed by atoms with E-state index in [0.29, 0.717) is 6.04 Å². The van der Waals surface area contributed by atoms with Gasteiger partial charge < -0.3 is 5.73 Å². The second-order valence-electron chi connectivity index (χ2n) is 4.75. The molecule has 0 amide bonds. The Hall–Kier alpha value is -0.0900.